The number of sulfonamides is 1. The van der Waals surface area contributed by atoms with Crippen LogP contribution in [-0.4, -0.2) is 27.0 Å². The summed E-state index contributed by atoms with van der Waals surface area (Å²) in [5.74, 6) is 0.243. The lowest BCUT2D eigenvalue weighted by Gasteiger charge is -2.25. The Labute approximate surface area is 157 Å². The zero-order valence-electron chi connectivity index (χ0n) is 12.5. The molecule has 2 N–H and O–H groups in total. The van der Waals surface area contributed by atoms with Gasteiger partial charge in [-0.25, -0.2) is 8.42 Å². The van der Waals surface area contributed by atoms with Crippen molar-refractivity contribution in [2.24, 2.45) is 0 Å². The first kappa shape index (κ1) is 18.0. The number of fused-ring (bicyclic) bond motifs is 1. The molecule has 2 aromatic rings. The number of halogens is 2. The summed E-state index contributed by atoms with van der Waals surface area (Å²) in [6.07, 6.45) is -0.988. The summed E-state index contributed by atoms with van der Waals surface area (Å²) in [5, 5.41) is 0.0160. The third-order valence-electron chi connectivity index (χ3n) is 3.29. The molecule has 0 saturated heterocycles. The predicted molar refractivity (Wildman–Crippen MR) is 94.0 cm³/mol. The average molecular weight is 448 g/mol. The first-order valence-corrected chi connectivity index (χ1v) is 9.67. The van der Waals surface area contributed by atoms with E-state index in [0.29, 0.717) is 16.0 Å². The average Bonchev–Trinajstić information content (AvgIpc) is 2.59. The van der Waals surface area contributed by atoms with E-state index < -0.39 is 22.0 Å². The molecule has 0 saturated carbocycles. The van der Waals surface area contributed by atoms with Crippen LogP contribution in [0.15, 0.2) is 51.8 Å². The minimum atomic E-state index is -4.03. The second-order valence-electron chi connectivity index (χ2n) is 5.03. The normalized spacial score (nSPS) is 16.3. The van der Waals surface area contributed by atoms with Gasteiger partial charge in [0.15, 0.2) is 11.5 Å². The molecular weight excluding hydrogens is 436 g/mol. The topological polar surface area (TPSA) is 93.7 Å². The molecule has 1 heterocycles. The van der Waals surface area contributed by atoms with Gasteiger partial charge in [-0.3, -0.25) is 10.2 Å². The van der Waals surface area contributed by atoms with Crippen molar-refractivity contribution >= 4 is 43.5 Å². The summed E-state index contributed by atoms with van der Waals surface area (Å²) in [4.78, 5) is 14.0. The van der Waals surface area contributed by atoms with E-state index in [2.05, 4.69) is 21.4 Å². The summed E-state index contributed by atoms with van der Waals surface area (Å²) in [7, 11) is -4.03. The zero-order chi connectivity index (χ0) is 18.0. The number of benzene rings is 2. The first-order chi connectivity index (χ1) is 11.9. The van der Waals surface area contributed by atoms with Gasteiger partial charge in [-0.1, -0.05) is 39.7 Å². The Morgan fingerprint density at radius 2 is 1.92 bits per heavy atom. The van der Waals surface area contributed by atoms with Crippen molar-refractivity contribution in [3.05, 3.63) is 52.0 Å². The van der Waals surface area contributed by atoms with Gasteiger partial charge in [-0.2, -0.15) is 0 Å². The van der Waals surface area contributed by atoms with Gasteiger partial charge in [0.05, 0.1) is 5.02 Å². The molecule has 0 unspecified atom stereocenters. The number of nitrogens with one attached hydrogen (secondary N) is 2. The van der Waals surface area contributed by atoms with Crippen LogP contribution in [0.25, 0.3) is 0 Å². The molecule has 3 rings (SSSR count). The highest BCUT2D eigenvalue weighted by molar-refractivity contribution is 9.10. The van der Waals surface area contributed by atoms with Gasteiger partial charge in [0.2, 0.25) is 6.10 Å². The fourth-order valence-electron chi connectivity index (χ4n) is 2.09. The third kappa shape index (κ3) is 4.06. The Kier molecular flexibility index (Phi) is 5.19. The van der Waals surface area contributed by atoms with Gasteiger partial charge in [-0.15, -0.1) is 4.83 Å². The van der Waals surface area contributed by atoms with E-state index in [-0.39, 0.29) is 16.5 Å². The van der Waals surface area contributed by atoms with E-state index >= 15 is 0 Å². The Morgan fingerprint density at radius 1 is 1.20 bits per heavy atom. The van der Waals surface area contributed by atoms with Gasteiger partial charge in [0, 0.05) is 4.47 Å². The highest BCUT2D eigenvalue weighted by atomic mass is 79.9. The Morgan fingerprint density at radius 3 is 2.64 bits per heavy atom. The minimum absolute atomic E-state index is 0.0160. The quantitative estimate of drug-likeness (QED) is 0.701. The largest absolute Gasteiger partial charge is 0.485 e. The highest BCUT2D eigenvalue weighted by Gasteiger charge is 2.28. The summed E-state index contributed by atoms with van der Waals surface area (Å²) < 4.78 is 36.1. The molecular formula is C15H12BrClN2O5S. The van der Waals surface area contributed by atoms with Crippen molar-refractivity contribution in [3.8, 4) is 11.5 Å². The molecule has 25 heavy (non-hydrogen) atoms. The minimum Gasteiger partial charge on any atom is -0.485 e. The number of carbonyl (C=O) groups excluding carboxylic acids is 1. The number of hydrogen-bond donors (Lipinski definition) is 2. The van der Waals surface area contributed by atoms with E-state index in [1.807, 2.05) is 4.83 Å². The van der Waals surface area contributed by atoms with Gasteiger partial charge >= 0.3 is 0 Å². The molecule has 0 aliphatic carbocycles. The summed E-state index contributed by atoms with van der Waals surface area (Å²) in [6, 6.07) is 11.2. The Bertz CT molecular complexity index is 922. The number of hydrogen-bond acceptors (Lipinski definition) is 5. The zero-order valence-corrected chi connectivity index (χ0v) is 15.7. The Hall–Kier alpha value is -1.81. The van der Waals surface area contributed by atoms with Crippen LogP contribution in [-0.2, 0) is 14.8 Å². The fraction of sp³-hybridized carbons (Fsp3) is 0.133. The van der Waals surface area contributed by atoms with E-state index in [4.69, 9.17) is 21.1 Å². The number of para-hydroxylation sites is 2. The lowest BCUT2D eigenvalue weighted by atomic mass is 10.2. The number of ether oxygens (including phenoxy) is 2. The van der Waals surface area contributed by atoms with Crippen LogP contribution in [0.4, 0.5) is 0 Å². The van der Waals surface area contributed by atoms with Crippen molar-refractivity contribution in [1.29, 1.82) is 0 Å². The van der Waals surface area contributed by atoms with Gasteiger partial charge < -0.3 is 9.47 Å². The lowest BCUT2D eigenvalue weighted by molar-refractivity contribution is -0.130. The van der Waals surface area contributed by atoms with Crippen molar-refractivity contribution in [1.82, 2.24) is 10.3 Å². The standard InChI is InChI=1S/C15H12BrClN2O5S/c16-9-5-6-14(10(17)7-9)25(21,22)19-18-15(20)13-8-23-11-3-1-2-4-12(11)24-13/h1-7,13,19H,8H2,(H,18,20)/t13-/m1/s1. The van der Waals surface area contributed by atoms with Crippen LogP contribution in [0, 0.1) is 0 Å². The van der Waals surface area contributed by atoms with Crippen molar-refractivity contribution in [2.75, 3.05) is 6.61 Å². The number of carbonyl (C=O) groups is 1. The van der Waals surface area contributed by atoms with Crippen LogP contribution < -0.4 is 19.7 Å². The molecule has 0 radical (unpaired) electrons. The van der Waals surface area contributed by atoms with Crippen molar-refractivity contribution in [3.63, 3.8) is 0 Å². The van der Waals surface area contributed by atoms with E-state index in [1.165, 1.54) is 18.2 Å². The predicted octanol–water partition coefficient (Wildman–Crippen LogP) is 2.25. The van der Waals surface area contributed by atoms with E-state index in [9.17, 15) is 13.2 Å². The second-order valence-corrected chi connectivity index (χ2v) is 8.01. The van der Waals surface area contributed by atoms with Gasteiger partial charge in [0.1, 0.15) is 11.5 Å². The van der Waals surface area contributed by atoms with Crippen LogP contribution in [0.3, 0.4) is 0 Å². The molecule has 1 aliphatic heterocycles. The molecule has 132 valence electrons. The smallest absolute Gasteiger partial charge is 0.279 e. The van der Waals surface area contributed by atoms with Gasteiger partial charge in [0.25, 0.3) is 15.9 Å². The fourth-order valence-corrected chi connectivity index (χ4v) is 3.98. The molecule has 2 aromatic carbocycles. The van der Waals surface area contributed by atoms with Crippen molar-refractivity contribution < 1.29 is 22.7 Å². The van der Waals surface area contributed by atoms with Crippen molar-refractivity contribution in [2.45, 2.75) is 11.0 Å². The number of hydrazine groups is 1. The number of amides is 1. The summed E-state index contributed by atoms with van der Waals surface area (Å²) >= 11 is 9.12. The summed E-state index contributed by atoms with van der Waals surface area (Å²) in [6.45, 7) is -0.0381. The summed E-state index contributed by atoms with van der Waals surface area (Å²) in [5.41, 5.74) is 2.11. The van der Waals surface area contributed by atoms with Crippen LogP contribution in [0.2, 0.25) is 5.02 Å². The maximum Gasteiger partial charge on any atom is 0.279 e. The molecule has 1 atom stereocenters. The molecule has 1 aliphatic rings. The third-order valence-corrected chi connectivity index (χ3v) is 5.52. The van der Waals surface area contributed by atoms with Crippen LogP contribution >= 0.6 is 27.5 Å². The second kappa shape index (κ2) is 7.20. The van der Waals surface area contributed by atoms with Crippen LogP contribution in [0.1, 0.15) is 0 Å². The van der Waals surface area contributed by atoms with Crippen LogP contribution in [0.5, 0.6) is 11.5 Å². The van der Waals surface area contributed by atoms with E-state index in [0.717, 1.165) is 0 Å². The SMILES string of the molecule is O=C(NNS(=O)(=O)c1ccc(Br)cc1Cl)[C@H]1COc2ccccc2O1. The molecule has 0 bridgehead atoms. The molecule has 0 fully saturated rings. The molecule has 7 nitrogen and oxygen atoms in total. The molecule has 10 heteroatoms. The number of rotatable bonds is 4. The maximum absolute atomic E-state index is 12.3. The Balaban J connectivity index is 1.66. The maximum atomic E-state index is 12.3. The highest BCUT2D eigenvalue weighted by Crippen LogP contribution is 2.31. The molecule has 1 amide bonds. The lowest BCUT2D eigenvalue weighted by Crippen LogP contribution is -2.50. The first-order valence-electron chi connectivity index (χ1n) is 7.02. The molecule has 0 aromatic heterocycles. The monoisotopic (exact) mass is 446 g/mol. The van der Waals surface area contributed by atoms with E-state index in [1.54, 1.807) is 24.3 Å². The van der Waals surface area contributed by atoms with Gasteiger partial charge in [-0.05, 0) is 30.3 Å². The molecule has 0 spiro atoms.